The highest BCUT2D eigenvalue weighted by Crippen LogP contribution is 2.09. The summed E-state index contributed by atoms with van der Waals surface area (Å²) >= 11 is 0. The maximum Gasteiger partial charge on any atom is 0.252 e. The van der Waals surface area contributed by atoms with Crippen LogP contribution in [0, 0.1) is 6.92 Å². The maximum absolute atomic E-state index is 12.1. The van der Waals surface area contributed by atoms with E-state index in [2.05, 4.69) is 20.9 Å². The molecule has 0 radical (unpaired) electrons. The van der Waals surface area contributed by atoms with E-state index in [1.165, 1.54) is 0 Å². The predicted octanol–water partition coefficient (Wildman–Crippen LogP) is 1.08. The van der Waals surface area contributed by atoms with Crippen LogP contribution < -0.4 is 16.0 Å². The van der Waals surface area contributed by atoms with Crippen molar-refractivity contribution in [2.75, 3.05) is 18.9 Å². The minimum absolute atomic E-state index is 0.181. The number of nitrogens with one attached hydrogen (secondary N) is 3. The number of carbonyl (C=O) groups is 2. The number of carbonyl (C=O) groups excluding carboxylic acids is 2. The molecule has 6 nitrogen and oxygen atoms in total. The second-order valence-corrected chi connectivity index (χ2v) is 4.62. The van der Waals surface area contributed by atoms with Crippen LogP contribution in [0.25, 0.3) is 0 Å². The Kier molecular flexibility index (Phi) is 5.96. The molecule has 0 fully saturated rings. The predicted molar refractivity (Wildman–Crippen MR) is 78.7 cm³/mol. The smallest absolute Gasteiger partial charge is 0.252 e. The lowest BCUT2D eigenvalue weighted by Crippen LogP contribution is -2.45. The second kappa shape index (κ2) is 7.47. The number of amides is 2. The molecular formula is C14H22N4O2. The third-order valence-electron chi connectivity index (χ3n) is 2.76. The Morgan fingerprint density at radius 3 is 2.65 bits per heavy atom. The fourth-order valence-corrected chi connectivity index (χ4v) is 1.67. The molecule has 2 amide bonds. The molecular weight excluding hydrogens is 256 g/mol. The first-order valence-electron chi connectivity index (χ1n) is 6.73. The molecule has 0 saturated heterocycles. The van der Waals surface area contributed by atoms with Gasteiger partial charge < -0.3 is 16.0 Å². The Balaban J connectivity index is 2.71. The van der Waals surface area contributed by atoms with Crippen LogP contribution in [0.1, 0.15) is 36.3 Å². The van der Waals surface area contributed by atoms with Crippen molar-refractivity contribution in [1.82, 2.24) is 15.6 Å². The number of hydrogen-bond acceptors (Lipinski definition) is 4. The SMILES string of the molecule is CCCNC(=O)C(C)NC(=O)c1cc(C)nc(NC)c1. The lowest BCUT2D eigenvalue weighted by molar-refractivity contribution is -0.122. The zero-order valence-electron chi connectivity index (χ0n) is 12.4. The molecule has 20 heavy (non-hydrogen) atoms. The van der Waals surface area contributed by atoms with Crippen molar-refractivity contribution < 1.29 is 9.59 Å². The van der Waals surface area contributed by atoms with Crippen LogP contribution in [0.5, 0.6) is 0 Å². The Morgan fingerprint density at radius 2 is 2.05 bits per heavy atom. The van der Waals surface area contributed by atoms with Gasteiger partial charge in [-0.1, -0.05) is 6.92 Å². The summed E-state index contributed by atoms with van der Waals surface area (Å²) in [5.41, 5.74) is 1.22. The Hall–Kier alpha value is -2.11. The molecule has 1 atom stereocenters. The van der Waals surface area contributed by atoms with Gasteiger partial charge >= 0.3 is 0 Å². The fraction of sp³-hybridized carbons (Fsp3) is 0.500. The van der Waals surface area contributed by atoms with Crippen molar-refractivity contribution in [3.63, 3.8) is 0 Å². The maximum atomic E-state index is 12.1. The summed E-state index contributed by atoms with van der Waals surface area (Å²) in [6, 6.07) is 2.77. The molecule has 1 rings (SSSR count). The number of anilines is 1. The monoisotopic (exact) mass is 278 g/mol. The Bertz CT molecular complexity index is 488. The lowest BCUT2D eigenvalue weighted by atomic mass is 10.2. The molecule has 6 heteroatoms. The van der Waals surface area contributed by atoms with Crippen molar-refractivity contribution in [1.29, 1.82) is 0 Å². The number of aryl methyl sites for hydroxylation is 1. The highest BCUT2D eigenvalue weighted by atomic mass is 16.2. The summed E-state index contributed by atoms with van der Waals surface area (Å²) < 4.78 is 0. The van der Waals surface area contributed by atoms with E-state index in [0.717, 1.165) is 12.1 Å². The summed E-state index contributed by atoms with van der Waals surface area (Å²) in [6.07, 6.45) is 0.863. The second-order valence-electron chi connectivity index (χ2n) is 4.62. The molecule has 1 unspecified atom stereocenters. The molecule has 0 saturated carbocycles. The van der Waals surface area contributed by atoms with E-state index in [1.54, 1.807) is 26.1 Å². The summed E-state index contributed by atoms with van der Waals surface area (Å²) in [7, 11) is 1.74. The fourth-order valence-electron chi connectivity index (χ4n) is 1.67. The molecule has 0 spiro atoms. The van der Waals surface area contributed by atoms with Gasteiger partial charge in [-0.25, -0.2) is 4.98 Å². The average Bonchev–Trinajstić information content (AvgIpc) is 2.43. The van der Waals surface area contributed by atoms with Crippen molar-refractivity contribution in [3.8, 4) is 0 Å². The van der Waals surface area contributed by atoms with Crippen LogP contribution in [0.4, 0.5) is 5.82 Å². The van der Waals surface area contributed by atoms with Crippen LogP contribution in [0.15, 0.2) is 12.1 Å². The minimum atomic E-state index is -0.569. The normalized spacial score (nSPS) is 11.6. The molecule has 0 aliphatic heterocycles. The van der Waals surface area contributed by atoms with Crippen LogP contribution >= 0.6 is 0 Å². The number of rotatable bonds is 6. The van der Waals surface area contributed by atoms with Gasteiger partial charge in [-0.3, -0.25) is 9.59 Å². The summed E-state index contributed by atoms with van der Waals surface area (Å²) in [4.78, 5) is 28.0. The van der Waals surface area contributed by atoms with E-state index >= 15 is 0 Å². The standard InChI is InChI=1S/C14H22N4O2/c1-5-6-16-13(19)10(3)18-14(20)11-7-9(2)17-12(8-11)15-4/h7-8,10H,5-6H2,1-4H3,(H,15,17)(H,16,19)(H,18,20). The highest BCUT2D eigenvalue weighted by molar-refractivity contribution is 5.98. The Morgan fingerprint density at radius 1 is 1.35 bits per heavy atom. The number of pyridine rings is 1. The first-order valence-corrected chi connectivity index (χ1v) is 6.73. The van der Waals surface area contributed by atoms with E-state index in [1.807, 2.05) is 13.8 Å². The van der Waals surface area contributed by atoms with Crippen LogP contribution in [-0.2, 0) is 4.79 Å². The number of hydrogen-bond donors (Lipinski definition) is 3. The van der Waals surface area contributed by atoms with E-state index in [4.69, 9.17) is 0 Å². The van der Waals surface area contributed by atoms with Crippen LogP contribution in [-0.4, -0.2) is 36.4 Å². The molecule has 1 aromatic heterocycles. The topological polar surface area (TPSA) is 83.1 Å². The van der Waals surface area contributed by atoms with Gasteiger partial charge in [0.15, 0.2) is 0 Å². The van der Waals surface area contributed by atoms with E-state index in [9.17, 15) is 9.59 Å². The van der Waals surface area contributed by atoms with Gasteiger partial charge in [-0.05, 0) is 32.4 Å². The van der Waals surface area contributed by atoms with Gasteiger partial charge in [0.05, 0.1) is 0 Å². The molecule has 0 aromatic carbocycles. The first-order chi connectivity index (χ1) is 9.47. The number of aromatic nitrogens is 1. The zero-order chi connectivity index (χ0) is 15.1. The van der Waals surface area contributed by atoms with Gasteiger partial charge in [0.25, 0.3) is 5.91 Å². The van der Waals surface area contributed by atoms with Crippen molar-refractivity contribution in [2.24, 2.45) is 0 Å². The van der Waals surface area contributed by atoms with Gasteiger partial charge in [0.1, 0.15) is 11.9 Å². The molecule has 1 heterocycles. The van der Waals surface area contributed by atoms with Crippen LogP contribution in [0.3, 0.4) is 0 Å². The molecule has 0 aliphatic carbocycles. The van der Waals surface area contributed by atoms with Gasteiger partial charge in [0.2, 0.25) is 5.91 Å². The minimum Gasteiger partial charge on any atom is -0.373 e. The summed E-state index contributed by atoms with van der Waals surface area (Å²) in [5, 5.41) is 8.32. The van der Waals surface area contributed by atoms with E-state index < -0.39 is 6.04 Å². The largest absolute Gasteiger partial charge is 0.373 e. The van der Waals surface area contributed by atoms with E-state index in [0.29, 0.717) is 17.9 Å². The van der Waals surface area contributed by atoms with Crippen molar-refractivity contribution in [2.45, 2.75) is 33.2 Å². The molecule has 0 aliphatic rings. The molecule has 3 N–H and O–H groups in total. The quantitative estimate of drug-likeness (QED) is 0.727. The van der Waals surface area contributed by atoms with Crippen molar-refractivity contribution in [3.05, 3.63) is 23.4 Å². The third-order valence-corrected chi connectivity index (χ3v) is 2.76. The first kappa shape index (κ1) is 15.9. The van der Waals surface area contributed by atoms with Crippen LogP contribution in [0.2, 0.25) is 0 Å². The van der Waals surface area contributed by atoms with Gasteiger partial charge in [0, 0.05) is 24.8 Å². The Labute approximate surface area is 119 Å². The van der Waals surface area contributed by atoms with Crippen molar-refractivity contribution >= 4 is 17.6 Å². The molecule has 1 aromatic rings. The lowest BCUT2D eigenvalue weighted by Gasteiger charge is -2.14. The van der Waals surface area contributed by atoms with Gasteiger partial charge in [-0.15, -0.1) is 0 Å². The molecule has 0 bridgehead atoms. The zero-order valence-corrected chi connectivity index (χ0v) is 12.4. The molecule has 110 valence electrons. The highest BCUT2D eigenvalue weighted by Gasteiger charge is 2.16. The third kappa shape index (κ3) is 4.53. The number of nitrogens with zero attached hydrogens (tertiary/aromatic N) is 1. The summed E-state index contributed by atoms with van der Waals surface area (Å²) in [5.74, 6) is 0.157. The summed E-state index contributed by atoms with van der Waals surface area (Å²) in [6.45, 7) is 6.06. The van der Waals surface area contributed by atoms with E-state index in [-0.39, 0.29) is 11.8 Å². The average molecular weight is 278 g/mol. The van der Waals surface area contributed by atoms with Gasteiger partial charge in [-0.2, -0.15) is 0 Å².